The van der Waals surface area contributed by atoms with Gasteiger partial charge in [0.05, 0.1) is 6.54 Å². The van der Waals surface area contributed by atoms with Crippen LogP contribution in [0.5, 0.6) is 0 Å². The molecule has 0 aromatic heterocycles. The van der Waals surface area contributed by atoms with Gasteiger partial charge in [-0.15, -0.1) is 0 Å². The highest BCUT2D eigenvalue weighted by atomic mass is 16.3. The van der Waals surface area contributed by atoms with Crippen molar-refractivity contribution in [3.63, 3.8) is 0 Å². The van der Waals surface area contributed by atoms with Crippen LogP contribution in [0.15, 0.2) is 24.3 Å². The van der Waals surface area contributed by atoms with Crippen molar-refractivity contribution in [1.29, 1.82) is 0 Å². The summed E-state index contributed by atoms with van der Waals surface area (Å²) < 4.78 is 0. The summed E-state index contributed by atoms with van der Waals surface area (Å²) in [6.45, 7) is 4.48. The molecule has 1 saturated heterocycles. The van der Waals surface area contributed by atoms with Gasteiger partial charge in [-0.1, -0.05) is 24.3 Å². The molecular weight excluding hydrogens is 226 g/mol. The van der Waals surface area contributed by atoms with E-state index in [1.165, 1.54) is 0 Å². The Morgan fingerprint density at radius 2 is 2.22 bits per heavy atom. The highest BCUT2D eigenvalue weighted by Crippen LogP contribution is 2.17. The largest absolute Gasteiger partial charge is 0.396 e. The van der Waals surface area contributed by atoms with E-state index in [0.717, 1.165) is 37.1 Å². The van der Waals surface area contributed by atoms with Gasteiger partial charge in [-0.05, 0) is 37.8 Å². The van der Waals surface area contributed by atoms with Gasteiger partial charge in [0.1, 0.15) is 0 Å². The van der Waals surface area contributed by atoms with E-state index in [1.807, 2.05) is 31.2 Å². The van der Waals surface area contributed by atoms with Crippen LogP contribution in [0.4, 0.5) is 0 Å². The molecule has 0 saturated carbocycles. The predicted molar refractivity (Wildman–Crippen MR) is 71.8 cm³/mol. The molecule has 98 valence electrons. The number of piperidine rings is 1. The first kappa shape index (κ1) is 13.2. The van der Waals surface area contributed by atoms with E-state index in [0.29, 0.717) is 12.5 Å². The van der Waals surface area contributed by atoms with E-state index in [2.05, 4.69) is 4.90 Å². The van der Waals surface area contributed by atoms with Gasteiger partial charge in [0.2, 0.25) is 0 Å². The number of rotatable bonds is 4. The summed E-state index contributed by atoms with van der Waals surface area (Å²) in [6, 6.07) is 7.73. The number of benzene rings is 1. The molecule has 1 atom stereocenters. The van der Waals surface area contributed by atoms with E-state index in [-0.39, 0.29) is 12.4 Å². The first-order chi connectivity index (χ1) is 8.70. The summed E-state index contributed by atoms with van der Waals surface area (Å²) in [4.78, 5) is 14.4. The summed E-state index contributed by atoms with van der Waals surface area (Å²) in [5.74, 6) is 0.523. The lowest BCUT2D eigenvalue weighted by Crippen LogP contribution is -2.40. The molecular formula is C15H21NO2. The molecule has 0 bridgehead atoms. The molecule has 1 unspecified atom stereocenters. The van der Waals surface area contributed by atoms with E-state index < -0.39 is 0 Å². The Morgan fingerprint density at radius 3 is 2.94 bits per heavy atom. The van der Waals surface area contributed by atoms with Crippen LogP contribution in [-0.4, -0.2) is 42.0 Å². The number of nitrogens with zero attached hydrogens (tertiary/aromatic N) is 1. The normalized spacial score (nSPS) is 20.9. The predicted octanol–water partition coefficient (Wildman–Crippen LogP) is 1.88. The average Bonchev–Trinajstić information content (AvgIpc) is 2.39. The van der Waals surface area contributed by atoms with Crippen LogP contribution < -0.4 is 0 Å². The maximum Gasteiger partial charge on any atom is 0.177 e. The fourth-order valence-electron chi connectivity index (χ4n) is 2.62. The Labute approximate surface area is 108 Å². The molecule has 18 heavy (non-hydrogen) atoms. The lowest BCUT2D eigenvalue weighted by atomic mass is 9.98. The van der Waals surface area contributed by atoms with Crippen LogP contribution in [0.25, 0.3) is 0 Å². The summed E-state index contributed by atoms with van der Waals surface area (Å²) in [5, 5.41) is 9.19. The van der Waals surface area contributed by atoms with E-state index in [9.17, 15) is 9.90 Å². The number of ketones is 1. The summed E-state index contributed by atoms with van der Waals surface area (Å²) in [5.41, 5.74) is 1.86. The average molecular weight is 247 g/mol. The summed E-state index contributed by atoms with van der Waals surface area (Å²) >= 11 is 0. The van der Waals surface area contributed by atoms with Crippen molar-refractivity contribution in [2.45, 2.75) is 19.8 Å². The van der Waals surface area contributed by atoms with Crippen LogP contribution in [0, 0.1) is 12.8 Å². The standard InChI is InChI=1S/C15H21NO2/c1-12-5-2-3-7-14(12)15(18)10-16-8-4-6-13(9-16)11-17/h2-3,5,7,13,17H,4,6,8-11H2,1H3. The number of hydrogen-bond donors (Lipinski definition) is 1. The lowest BCUT2D eigenvalue weighted by Gasteiger charge is -2.31. The van der Waals surface area contributed by atoms with Gasteiger partial charge in [0.25, 0.3) is 0 Å². The number of aliphatic hydroxyl groups is 1. The van der Waals surface area contributed by atoms with Gasteiger partial charge in [0, 0.05) is 18.7 Å². The second-order valence-electron chi connectivity index (χ2n) is 5.16. The maximum absolute atomic E-state index is 12.2. The lowest BCUT2D eigenvalue weighted by molar-refractivity contribution is 0.0833. The fraction of sp³-hybridized carbons (Fsp3) is 0.533. The Morgan fingerprint density at radius 1 is 1.44 bits per heavy atom. The molecule has 1 aliphatic heterocycles. The molecule has 3 heteroatoms. The van der Waals surface area contributed by atoms with Gasteiger partial charge in [-0.25, -0.2) is 0 Å². The molecule has 0 amide bonds. The van der Waals surface area contributed by atoms with Crippen molar-refractivity contribution in [3.8, 4) is 0 Å². The third-order valence-electron chi connectivity index (χ3n) is 3.67. The number of hydrogen-bond acceptors (Lipinski definition) is 3. The van der Waals surface area contributed by atoms with Gasteiger partial charge in [0.15, 0.2) is 5.78 Å². The first-order valence-corrected chi connectivity index (χ1v) is 6.62. The number of carbonyl (C=O) groups excluding carboxylic acids is 1. The molecule has 1 heterocycles. The van der Waals surface area contributed by atoms with Crippen molar-refractivity contribution in [3.05, 3.63) is 35.4 Å². The number of aryl methyl sites for hydroxylation is 1. The zero-order chi connectivity index (χ0) is 13.0. The third-order valence-corrected chi connectivity index (χ3v) is 3.67. The molecule has 3 nitrogen and oxygen atoms in total. The van der Waals surface area contributed by atoms with Crippen molar-refractivity contribution >= 4 is 5.78 Å². The minimum atomic E-state index is 0.187. The third kappa shape index (κ3) is 3.18. The molecule has 0 spiro atoms. The molecule has 1 N–H and O–H groups in total. The number of aliphatic hydroxyl groups excluding tert-OH is 1. The number of Topliss-reactive ketones (excluding diaryl/α,β-unsaturated/α-hetero) is 1. The zero-order valence-electron chi connectivity index (χ0n) is 10.9. The quantitative estimate of drug-likeness (QED) is 0.826. The highest BCUT2D eigenvalue weighted by molar-refractivity contribution is 5.98. The zero-order valence-corrected chi connectivity index (χ0v) is 10.9. The Kier molecular flexibility index (Phi) is 4.50. The molecule has 1 fully saturated rings. The van der Waals surface area contributed by atoms with Crippen LogP contribution in [-0.2, 0) is 0 Å². The smallest absolute Gasteiger partial charge is 0.177 e. The summed E-state index contributed by atoms with van der Waals surface area (Å²) in [7, 11) is 0. The van der Waals surface area contributed by atoms with Crippen LogP contribution >= 0.6 is 0 Å². The Bertz CT molecular complexity index is 417. The molecule has 1 aromatic rings. The Hall–Kier alpha value is -1.19. The topological polar surface area (TPSA) is 40.5 Å². The molecule has 1 aromatic carbocycles. The first-order valence-electron chi connectivity index (χ1n) is 6.62. The van der Waals surface area contributed by atoms with Crippen LogP contribution in [0.1, 0.15) is 28.8 Å². The van der Waals surface area contributed by atoms with E-state index >= 15 is 0 Å². The highest BCUT2D eigenvalue weighted by Gasteiger charge is 2.21. The van der Waals surface area contributed by atoms with E-state index in [4.69, 9.17) is 0 Å². The van der Waals surface area contributed by atoms with Gasteiger partial charge < -0.3 is 5.11 Å². The second kappa shape index (κ2) is 6.12. The number of carbonyl (C=O) groups is 1. The monoisotopic (exact) mass is 247 g/mol. The number of likely N-dealkylation sites (tertiary alicyclic amines) is 1. The van der Waals surface area contributed by atoms with Gasteiger partial charge in [-0.2, -0.15) is 0 Å². The molecule has 0 aliphatic carbocycles. The summed E-state index contributed by atoms with van der Waals surface area (Å²) in [6.07, 6.45) is 2.15. The molecule has 2 rings (SSSR count). The van der Waals surface area contributed by atoms with Crippen molar-refractivity contribution in [2.24, 2.45) is 5.92 Å². The SMILES string of the molecule is Cc1ccccc1C(=O)CN1CCCC(CO)C1. The second-order valence-corrected chi connectivity index (χ2v) is 5.16. The van der Waals surface area contributed by atoms with Gasteiger partial charge in [-0.3, -0.25) is 9.69 Å². The Balaban J connectivity index is 1.97. The van der Waals surface area contributed by atoms with Crippen molar-refractivity contribution in [1.82, 2.24) is 4.90 Å². The molecule has 1 aliphatic rings. The minimum absolute atomic E-state index is 0.187. The maximum atomic E-state index is 12.2. The minimum Gasteiger partial charge on any atom is -0.396 e. The van der Waals surface area contributed by atoms with E-state index in [1.54, 1.807) is 0 Å². The van der Waals surface area contributed by atoms with Crippen LogP contribution in [0.2, 0.25) is 0 Å². The molecule has 0 radical (unpaired) electrons. The van der Waals surface area contributed by atoms with Crippen molar-refractivity contribution in [2.75, 3.05) is 26.2 Å². The van der Waals surface area contributed by atoms with Crippen LogP contribution in [0.3, 0.4) is 0 Å². The van der Waals surface area contributed by atoms with Crippen molar-refractivity contribution < 1.29 is 9.90 Å². The fourth-order valence-corrected chi connectivity index (χ4v) is 2.62. The van der Waals surface area contributed by atoms with Gasteiger partial charge >= 0.3 is 0 Å².